The van der Waals surface area contributed by atoms with Gasteiger partial charge in [0.05, 0.1) is 10.4 Å². The van der Waals surface area contributed by atoms with Gasteiger partial charge in [0.1, 0.15) is 6.61 Å². The van der Waals surface area contributed by atoms with Crippen LogP contribution in [0.4, 0.5) is 0 Å². The average molecular weight is 653 g/mol. The summed E-state index contributed by atoms with van der Waals surface area (Å²) in [6.45, 7) is 3.62. The Balaban J connectivity index is 1.19. The molecule has 0 bridgehead atoms. The number of fused-ring (bicyclic) bond motifs is 5. The number of ketones is 2. The molecule has 0 aromatic heterocycles. The van der Waals surface area contributed by atoms with E-state index in [2.05, 4.69) is 36.4 Å². The van der Waals surface area contributed by atoms with Crippen molar-refractivity contribution in [2.24, 2.45) is 28.6 Å². The van der Waals surface area contributed by atoms with Crippen molar-refractivity contribution in [3.8, 4) is 0 Å². The Morgan fingerprint density at radius 1 is 1.00 bits per heavy atom. The fraction of sp³-hybridized carbons (Fsp3) is 0.600. The van der Waals surface area contributed by atoms with Crippen molar-refractivity contribution < 1.29 is 28.7 Å². The van der Waals surface area contributed by atoms with Gasteiger partial charge in [-0.1, -0.05) is 25.5 Å². The maximum Gasteiger partial charge on any atom is 0.344 e. The first-order valence-corrected chi connectivity index (χ1v) is 15.0. The highest BCUT2D eigenvalue weighted by Crippen LogP contribution is 2.70. The maximum atomic E-state index is 13.3. The molecule has 5 rings (SSSR count). The van der Waals surface area contributed by atoms with Crippen LogP contribution in [-0.4, -0.2) is 41.6 Å². The number of Topliss-reactive ketones (excluding diaryl/α,β-unsaturated/α-hetero) is 1. The summed E-state index contributed by atoms with van der Waals surface area (Å²) in [7, 11) is 0. The van der Waals surface area contributed by atoms with E-state index in [1.807, 2.05) is 12.1 Å². The highest BCUT2D eigenvalue weighted by Gasteiger charge is 2.66. The van der Waals surface area contributed by atoms with E-state index in [-0.39, 0.29) is 34.9 Å². The molecule has 0 N–H and O–H groups in total. The second-order valence-electron chi connectivity index (χ2n) is 11.9. The summed E-state index contributed by atoms with van der Waals surface area (Å²) in [4.78, 5) is 49.5. The number of hydrogen-bond acceptors (Lipinski definition) is 6. The molecule has 0 radical (unpaired) electrons. The summed E-state index contributed by atoms with van der Waals surface area (Å²) in [5, 5.41) is 0. The fourth-order valence-electron chi connectivity index (χ4n) is 8.09. The van der Waals surface area contributed by atoms with Gasteiger partial charge in [-0.05, 0) is 109 Å². The summed E-state index contributed by atoms with van der Waals surface area (Å²) in [6, 6.07) is 6.88. The predicted octanol–water partition coefficient (Wildman–Crippen LogP) is 6.07. The summed E-state index contributed by atoms with van der Waals surface area (Å²) in [6.07, 6.45) is 8.39. The number of allylic oxidation sites excluding steroid dienone is 1. The molecule has 0 spiro atoms. The number of esters is 2. The van der Waals surface area contributed by atoms with E-state index in [0.717, 1.165) is 48.5 Å². The molecule has 3 saturated carbocycles. The molecule has 3 fully saturated rings. The zero-order valence-electron chi connectivity index (χ0n) is 21.9. The number of carbonyl (C=O) groups excluding carboxylic acids is 4. The minimum atomic E-state index is -0.730. The zero-order valence-corrected chi connectivity index (χ0v) is 24.8. The minimum Gasteiger partial charge on any atom is -0.455 e. The third kappa shape index (κ3) is 4.65. The van der Waals surface area contributed by atoms with Crippen LogP contribution < -0.4 is 0 Å². The van der Waals surface area contributed by atoms with Crippen LogP contribution in [0.25, 0.3) is 0 Å². The molecule has 0 heterocycles. The second kappa shape index (κ2) is 10.3. The molecule has 8 heteroatoms. The van der Waals surface area contributed by atoms with Crippen molar-refractivity contribution in [2.45, 2.75) is 70.1 Å². The molecule has 38 heavy (non-hydrogen) atoms. The smallest absolute Gasteiger partial charge is 0.344 e. The zero-order chi connectivity index (χ0) is 27.3. The Morgan fingerprint density at radius 2 is 1.79 bits per heavy atom. The summed E-state index contributed by atoms with van der Waals surface area (Å²) >= 11 is 9.66. The van der Waals surface area contributed by atoms with Crippen LogP contribution in [0.15, 0.2) is 35.9 Å². The number of halogens is 2. The highest BCUT2D eigenvalue weighted by atomic mass is 127. The standard InChI is InChI=1S/C30H34ClIO6/c1-28-12-13-30(31)23(7-6-19-15-21(33)10-11-29(19,30)2)22(28)8-9-24(28)25(34)16-37-26(35)17-38-27(36)18-4-3-5-20(32)14-18/h3-5,14-15,22-24H,6-13,16-17H2,1-2H3/t22-,23-,24+,28-,29-,30+/m0/s1. The molecule has 0 amide bonds. The average Bonchev–Trinajstić information content (AvgIpc) is 3.24. The van der Waals surface area contributed by atoms with E-state index < -0.39 is 23.4 Å². The summed E-state index contributed by atoms with van der Waals surface area (Å²) in [5.74, 6) is -0.767. The lowest BCUT2D eigenvalue weighted by Gasteiger charge is -2.62. The van der Waals surface area contributed by atoms with Crippen LogP contribution in [0.3, 0.4) is 0 Å². The number of rotatable bonds is 6. The molecule has 1 aromatic rings. The first-order valence-electron chi connectivity index (χ1n) is 13.5. The van der Waals surface area contributed by atoms with Crippen molar-refractivity contribution in [1.82, 2.24) is 0 Å². The van der Waals surface area contributed by atoms with Crippen LogP contribution in [-0.2, 0) is 23.9 Å². The van der Waals surface area contributed by atoms with Crippen LogP contribution >= 0.6 is 34.2 Å². The van der Waals surface area contributed by atoms with Gasteiger partial charge >= 0.3 is 11.9 Å². The molecule has 0 saturated heterocycles. The van der Waals surface area contributed by atoms with Gasteiger partial charge in [0, 0.05) is 21.3 Å². The molecular weight excluding hydrogens is 619 g/mol. The molecule has 4 aliphatic rings. The van der Waals surface area contributed by atoms with Crippen LogP contribution in [0, 0.1) is 32.2 Å². The van der Waals surface area contributed by atoms with Crippen LogP contribution in [0.5, 0.6) is 0 Å². The topological polar surface area (TPSA) is 86.7 Å². The van der Waals surface area contributed by atoms with Crippen molar-refractivity contribution in [2.75, 3.05) is 13.2 Å². The Hall–Kier alpha value is -1.74. The van der Waals surface area contributed by atoms with Gasteiger partial charge in [-0.3, -0.25) is 9.59 Å². The monoisotopic (exact) mass is 652 g/mol. The molecular formula is C30H34ClIO6. The van der Waals surface area contributed by atoms with E-state index in [9.17, 15) is 19.2 Å². The third-order valence-electron chi connectivity index (χ3n) is 10.2. The molecule has 204 valence electrons. The van der Waals surface area contributed by atoms with E-state index in [4.69, 9.17) is 21.1 Å². The van der Waals surface area contributed by atoms with Gasteiger partial charge < -0.3 is 9.47 Å². The SMILES string of the molecule is C[C@]12CC[C@@]3(Cl)[C@@H](CCC4=CC(=O)CC[C@@]43C)[C@@H]1CC[C@@H]2C(=O)COC(=O)COC(=O)c1cccc(I)c1. The van der Waals surface area contributed by atoms with E-state index in [0.29, 0.717) is 23.8 Å². The molecule has 0 aliphatic heterocycles. The largest absolute Gasteiger partial charge is 0.455 e. The predicted molar refractivity (Wildman–Crippen MR) is 151 cm³/mol. The number of hydrogen-bond donors (Lipinski definition) is 0. The second-order valence-corrected chi connectivity index (χ2v) is 13.9. The van der Waals surface area contributed by atoms with Gasteiger partial charge in [0.2, 0.25) is 0 Å². The Kier molecular flexibility index (Phi) is 7.57. The van der Waals surface area contributed by atoms with Crippen LogP contribution in [0.2, 0.25) is 0 Å². The molecule has 0 unspecified atom stereocenters. The molecule has 6 nitrogen and oxygen atoms in total. The van der Waals surface area contributed by atoms with Crippen molar-refractivity contribution in [1.29, 1.82) is 0 Å². The molecule has 4 aliphatic carbocycles. The maximum absolute atomic E-state index is 13.3. The first kappa shape index (κ1) is 27.8. The lowest BCUT2D eigenvalue weighted by Crippen LogP contribution is -2.60. The lowest BCUT2D eigenvalue weighted by molar-refractivity contribution is -0.153. The third-order valence-corrected chi connectivity index (χ3v) is 11.8. The van der Waals surface area contributed by atoms with E-state index >= 15 is 0 Å². The Bertz CT molecular complexity index is 1210. The quantitative estimate of drug-likeness (QED) is 0.211. The number of carbonyl (C=O) groups is 4. The fourth-order valence-corrected chi connectivity index (χ4v) is 9.21. The summed E-state index contributed by atoms with van der Waals surface area (Å²) in [5.41, 5.74) is 1.20. The number of benzene rings is 1. The Labute approximate surface area is 242 Å². The van der Waals surface area contributed by atoms with Gasteiger partial charge in [0.25, 0.3) is 0 Å². The van der Waals surface area contributed by atoms with Gasteiger partial charge in [0.15, 0.2) is 18.2 Å². The normalized spacial score (nSPS) is 35.8. The van der Waals surface area contributed by atoms with Gasteiger partial charge in [-0.25, -0.2) is 9.59 Å². The lowest BCUT2D eigenvalue weighted by atomic mass is 9.46. The van der Waals surface area contributed by atoms with E-state index in [1.54, 1.807) is 18.2 Å². The van der Waals surface area contributed by atoms with Gasteiger partial charge in [-0.2, -0.15) is 0 Å². The first-order chi connectivity index (χ1) is 18.0. The summed E-state index contributed by atoms with van der Waals surface area (Å²) < 4.78 is 11.2. The Morgan fingerprint density at radius 3 is 2.55 bits per heavy atom. The highest BCUT2D eigenvalue weighted by molar-refractivity contribution is 14.1. The number of ether oxygens (including phenoxy) is 2. The number of alkyl halides is 1. The molecule has 6 atom stereocenters. The minimum absolute atomic E-state index is 0.0692. The van der Waals surface area contributed by atoms with E-state index in [1.165, 1.54) is 5.57 Å². The van der Waals surface area contributed by atoms with Crippen molar-refractivity contribution >= 4 is 57.7 Å². The van der Waals surface area contributed by atoms with Crippen molar-refractivity contribution in [3.05, 3.63) is 45.0 Å². The van der Waals surface area contributed by atoms with Crippen LogP contribution in [0.1, 0.15) is 75.6 Å². The van der Waals surface area contributed by atoms with Crippen molar-refractivity contribution in [3.63, 3.8) is 0 Å². The molecule has 1 aromatic carbocycles. The van der Waals surface area contributed by atoms with Gasteiger partial charge in [-0.15, -0.1) is 11.6 Å².